The van der Waals surface area contributed by atoms with Gasteiger partial charge in [-0.2, -0.15) is 11.8 Å². The molecule has 0 aromatic heterocycles. The molecule has 2 aliphatic rings. The molecule has 2 aliphatic heterocycles. The van der Waals surface area contributed by atoms with E-state index in [0.29, 0.717) is 0 Å². The number of ether oxygens (including phenoxy) is 1. The maximum atomic E-state index is 5.43. The zero-order chi connectivity index (χ0) is 6.81. The molecule has 0 aromatic carbocycles. The average Bonchev–Trinajstić information content (AvgIpc) is 2.28. The minimum Gasteiger partial charge on any atom is -0.379 e. The molecule has 2 unspecified atom stereocenters. The van der Waals surface area contributed by atoms with Crippen LogP contribution in [-0.4, -0.2) is 36.8 Å². The summed E-state index contributed by atoms with van der Waals surface area (Å²) in [7, 11) is 0. The summed E-state index contributed by atoms with van der Waals surface area (Å²) in [5.74, 6) is 1.31. The smallest absolute Gasteiger partial charge is 0.0600 e. The van der Waals surface area contributed by atoms with Crippen LogP contribution in [0.2, 0.25) is 0 Å². The molecule has 0 spiro atoms. The summed E-state index contributed by atoms with van der Waals surface area (Å²) in [6, 6.07) is 0.743. The van der Waals surface area contributed by atoms with Crippen LogP contribution in [-0.2, 0) is 4.74 Å². The van der Waals surface area contributed by atoms with Gasteiger partial charge in [0.2, 0.25) is 0 Å². The second-order valence-electron chi connectivity index (χ2n) is 2.83. The van der Waals surface area contributed by atoms with Crippen LogP contribution in [0.15, 0.2) is 0 Å². The van der Waals surface area contributed by atoms with Gasteiger partial charge in [0.25, 0.3) is 0 Å². The molecule has 3 heteroatoms. The summed E-state index contributed by atoms with van der Waals surface area (Å²) in [6.45, 7) is 2.90. The van der Waals surface area contributed by atoms with Crippen LogP contribution in [0.25, 0.3) is 0 Å². The van der Waals surface area contributed by atoms with Gasteiger partial charge in [0.15, 0.2) is 0 Å². The Labute approximate surface area is 65.7 Å². The van der Waals surface area contributed by atoms with Gasteiger partial charge < -0.3 is 10.1 Å². The Morgan fingerprint density at radius 2 is 2.50 bits per heavy atom. The fraction of sp³-hybridized carbons (Fsp3) is 1.00. The summed E-state index contributed by atoms with van der Waals surface area (Å²) in [4.78, 5) is 0. The molecule has 2 fully saturated rings. The van der Waals surface area contributed by atoms with Crippen LogP contribution in [0.1, 0.15) is 6.42 Å². The van der Waals surface area contributed by atoms with Crippen molar-refractivity contribution in [3.05, 3.63) is 0 Å². The molecule has 2 rings (SSSR count). The van der Waals surface area contributed by atoms with Crippen molar-refractivity contribution in [2.45, 2.75) is 17.7 Å². The topological polar surface area (TPSA) is 21.3 Å². The fourth-order valence-electron chi connectivity index (χ4n) is 1.56. The van der Waals surface area contributed by atoms with Gasteiger partial charge in [0.05, 0.1) is 13.2 Å². The largest absolute Gasteiger partial charge is 0.379 e. The maximum absolute atomic E-state index is 5.43. The summed E-state index contributed by atoms with van der Waals surface area (Å²) >= 11 is 2.05. The predicted molar refractivity (Wildman–Crippen MR) is 43.5 cm³/mol. The van der Waals surface area contributed by atoms with Gasteiger partial charge in [-0.05, 0) is 12.2 Å². The lowest BCUT2D eigenvalue weighted by Gasteiger charge is -2.13. The SMILES string of the molecule is C1COCC2SCCC2N1. The number of nitrogens with one attached hydrogen (secondary N) is 1. The Kier molecular flexibility index (Phi) is 2.16. The first-order valence-corrected chi connectivity index (χ1v) is 4.94. The molecule has 0 saturated carbocycles. The van der Waals surface area contributed by atoms with Gasteiger partial charge in [-0.15, -0.1) is 0 Å². The number of thioether (sulfide) groups is 1. The highest BCUT2D eigenvalue weighted by Crippen LogP contribution is 2.27. The van der Waals surface area contributed by atoms with Crippen molar-refractivity contribution in [1.29, 1.82) is 0 Å². The Hall–Kier alpha value is 0.270. The first-order chi connectivity index (χ1) is 4.97. The highest BCUT2D eigenvalue weighted by atomic mass is 32.2. The van der Waals surface area contributed by atoms with Crippen molar-refractivity contribution < 1.29 is 4.74 Å². The van der Waals surface area contributed by atoms with E-state index in [0.717, 1.165) is 31.1 Å². The number of hydrogen-bond donors (Lipinski definition) is 1. The highest BCUT2D eigenvalue weighted by Gasteiger charge is 2.28. The minimum atomic E-state index is 0.738. The van der Waals surface area contributed by atoms with E-state index >= 15 is 0 Å². The van der Waals surface area contributed by atoms with Crippen LogP contribution in [0, 0.1) is 0 Å². The van der Waals surface area contributed by atoms with Gasteiger partial charge >= 0.3 is 0 Å². The Bertz CT molecular complexity index is 108. The van der Waals surface area contributed by atoms with Crippen molar-refractivity contribution in [1.82, 2.24) is 5.32 Å². The molecule has 2 nitrogen and oxygen atoms in total. The second-order valence-corrected chi connectivity index (χ2v) is 4.18. The molecular formula is C7H13NOS. The van der Waals surface area contributed by atoms with Crippen LogP contribution >= 0.6 is 11.8 Å². The Morgan fingerprint density at radius 3 is 3.50 bits per heavy atom. The number of rotatable bonds is 0. The summed E-state index contributed by atoms with van der Waals surface area (Å²) in [5.41, 5.74) is 0. The van der Waals surface area contributed by atoms with Crippen LogP contribution < -0.4 is 5.32 Å². The molecule has 2 heterocycles. The van der Waals surface area contributed by atoms with E-state index in [2.05, 4.69) is 17.1 Å². The molecule has 2 atom stereocenters. The summed E-state index contributed by atoms with van der Waals surface area (Å²) in [5, 5.41) is 4.24. The second kappa shape index (κ2) is 3.11. The van der Waals surface area contributed by atoms with Crippen LogP contribution in [0.5, 0.6) is 0 Å². The molecule has 1 N–H and O–H groups in total. The summed E-state index contributed by atoms with van der Waals surface area (Å²) < 4.78 is 5.43. The molecule has 0 bridgehead atoms. The van der Waals surface area contributed by atoms with E-state index in [4.69, 9.17) is 4.74 Å². The lowest BCUT2D eigenvalue weighted by molar-refractivity contribution is 0.153. The zero-order valence-electron chi connectivity index (χ0n) is 6.01. The van der Waals surface area contributed by atoms with E-state index in [9.17, 15) is 0 Å². The van der Waals surface area contributed by atoms with E-state index in [1.807, 2.05) is 0 Å². The standard InChI is InChI=1S/C7H13NOS/c1-4-10-7-5-9-3-2-8-6(1)7/h6-8H,1-5H2. The van der Waals surface area contributed by atoms with Crippen molar-refractivity contribution in [3.63, 3.8) is 0 Å². The van der Waals surface area contributed by atoms with Gasteiger partial charge in [-0.3, -0.25) is 0 Å². The average molecular weight is 159 g/mol. The molecule has 0 amide bonds. The minimum absolute atomic E-state index is 0.738. The third-order valence-corrected chi connectivity index (χ3v) is 3.51. The molecule has 0 aliphatic carbocycles. The first kappa shape index (κ1) is 6.95. The van der Waals surface area contributed by atoms with E-state index < -0.39 is 0 Å². The lowest BCUT2D eigenvalue weighted by atomic mass is 10.2. The third kappa shape index (κ3) is 1.31. The van der Waals surface area contributed by atoms with E-state index in [1.54, 1.807) is 0 Å². The number of hydrogen-bond acceptors (Lipinski definition) is 3. The molecule has 0 radical (unpaired) electrons. The normalized spacial score (nSPS) is 40.8. The monoisotopic (exact) mass is 159 g/mol. The molecule has 58 valence electrons. The van der Waals surface area contributed by atoms with Gasteiger partial charge in [-0.25, -0.2) is 0 Å². The van der Waals surface area contributed by atoms with E-state index in [1.165, 1.54) is 12.2 Å². The fourth-order valence-corrected chi connectivity index (χ4v) is 2.91. The Morgan fingerprint density at radius 1 is 1.50 bits per heavy atom. The van der Waals surface area contributed by atoms with Gasteiger partial charge in [0.1, 0.15) is 0 Å². The highest BCUT2D eigenvalue weighted by molar-refractivity contribution is 8.00. The van der Waals surface area contributed by atoms with Crippen LogP contribution in [0.4, 0.5) is 0 Å². The third-order valence-electron chi connectivity index (χ3n) is 2.14. The summed E-state index contributed by atoms with van der Waals surface area (Å²) in [6.07, 6.45) is 1.33. The quantitative estimate of drug-likeness (QED) is 0.555. The molecule has 0 aromatic rings. The van der Waals surface area contributed by atoms with Crippen molar-refractivity contribution in [2.75, 3.05) is 25.5 Å². The van der Waals surface area contributed by atoms with Crippen molar-refractivity contribution in [2.24, 2.45) is 0 Å². The molecule has 2 saturated heterocycles. The predicted octanol–water partition coefficient (Wildman–Crippen LogP) is 0.480. The van der Waals surface area contributed by atoms with Gasteiger partial charge in [0, 0.05) is 17.8 Å². The van der Waals surface area contributed by atoms with Crippen molar-refractivity contribution >= 4 is 11.8 Å². The maximum Gasteiger partial charge on any atom is 0.0600 e. The zero-order valence-corrected chi connectivity index (χ0v) is 6.82. The Balaban J connectivity index is 1.95. The van der Waals surface area contributed by atoms with E-state index in [-0.39, 0.29) is 0 Å². The lowest BCUT2D eigenvalue weighted by Crippen LogP contribution is -2.34. The first-order valence-electron chi connectivity index (χ1n) is 3.89. The number of fused-ring (bicyclic) bond motifs is 1. The molecule has 10 heavy (non-hydrogen) atoms. The molecular weight excluding hydrogens is 146 g/mol. The van der Waals surface area contributed by atoms with Gasteiger partial charge in [-0.1, -0.05) is 0 Å². The van der Waals surface area contributed by atoms with Crippen LogP contribution in [0.3, 0.4) is 0 Å². The van der Waals surface area contributed by atoms with Crippen molar-refractivity contribution in [3.8, 4) is 0 Å².